The molecular weight excluding hydrogens is 375 g/mol. The minimum absolute atomic E-state index is 0.0395. The predicted molar refractivity (Wildman–Crippen MR) is 89.5 cm³/mol. The Bertz CT molecular complexity index is 832. The summed E-state index contributed by atoms with van der Waals surface area (Å²) >= 11 is 11.9. The number of nitrogens with zero attached hydrogens (tertiary/aromatic N) is 4. The largest absolute Gasteiger partial charge is 0.424 e. The Morgan fingerprint density at radius 1 is 1.17 bits per heavy atom. The lowest BCUT2D eigenvalue weighted by Gasteiger charge is -2.33. The van der Waals surface area contributed by atoms with Crippen LogP contribution in [0.25, 0.3) is 0 Å². The normalized spacial score (nSPS) is 17.3. The van der Waals surface area contributed by atoms with Crippen LogP contribution in [0.3, 0.4) is 0 Å². The second-order valence-electron chi connectivity index (χ2n) is 5.47. The van der Waals surface area contributed by atoms with Crippen molar-refractivity contribution in [3.05, 3.63) is 40.0 Å². The zero-order chi connectivity index (χ0) is 17.3. The van der Waals surface area contributed by atoms with E-state index in [0.717, 1.165) is 0 Å². The molecule has 2 heterocycles. The van der Waals surface area contributed by atoms with Crippen molar-refractivity contribution in [1.29, 1.82) is 0 Å². The van der Waals surface area contributed by atoms with E-state index in [0.29, 0.717) is 49.5 Å². The van der Waals surface area contributed by atoms with E-state index in [-0.39, 0.29) is 9.92 Å². The van der Waals surface area contributed by atoms with Gasteiger partial charge in [0.1, 0.15) is 4.90 Å². The smallest absolute Gasteiger partial charge is 0.244 e. The number of aryl methyl sites for hydroxylation is 1. The summed E-state index contributed by atoms with van der Waals surface area (Å²) < 4.78 is 32.3. The predicted octanol–water partition coefficient (Wildman–Crippen LogP) is 2.19. The molecule has 0 unspecified atom stereocenters. The summed E-state index contributed by atoms with van der Waals surface area (Å²) in [4.78, 5) is 2.11. The van der Waals surface area contributed by atoms with Gasteiger partial charge in [-0.15, -0.1) is 10.2 Å². The Kier molecular flexibility index (Phi) is 5.12. The van der Waals surface area contributed by atoms with Gasteiger partial charge in [-0.3, -0.25) is 4.90 Å². The third-order valence-electron chi connectivity index (χ3n) is 3.77. The number of benzene rings is 1. The van der Waals surface area contributed by atoms with Gasteiger partial charge < -0.3 is 4.42 Å². The number of piperazine rings is 1. The molecule has 1 aliphatic heterocycles. The highest BCUT2D eigenvalue weighted by molar-refractivity contribution is 7.89. The van der Waals surface area contributed by atoms with Crippen molar-refractivity contribution in [3.8, 4) is 0 Å². The van der Waals surface area contributed by atoms with Gasteiger partial charge in [0, 0.05) is 38.1 Å². The van der Waals surface area contributed by atoms with Gasteiger partial charge in [0.15, 0.2) is 0 Å². The van der Waals surface area contributed by atoms with E-state index < -0.39 is 10.0 Å². The van der Waals surface area contributed by atoms with Crippen molar-refractivity contribution in [1.82, 2.24) is 19.4 Å². The zero-order valence-electron chi connectivity index (χ0n) is 12.9. The second kappa shape index (κ2) is 6.97. The molecule has 1 aromatic carbocycles. The van der Waals surface area contributed by atoms with E-state index in [2.05, 4.69) is 15.1 Å². The molecular formula is C14H16Cl2N4O3S. The number of rotatable bonds is 4. The molecule has 0 spiro atoms. The minimum Gasteiger partial charge on any atom is -0.424 e. The first-order valence-corrected chi connectivity index (χ1v) is 9.52. The zero-order valence-corrected chi connectivity index (χ0v) is 15.3. The molecule has 3 rings (SSSR count). The van der Waals surface area contributed by atoms with Crippen LogP contribution < -0.4 is 0 Å². The molecule has 0 saturated carbocycles. The SMILES string of the molecule is Cc1nnc(CN2CCN(S(=O)(=O)c3cc(Cl)ccc3Cl)CC2)o1. The van der Waals surface area contributed by atoms with Gasteiger partial charge in [0.2, 0.25) is 21.8 Å². The van der Waals surface area contributed by atoms with E-state index in [1.54, 1.807) is 13.0 Å². The van der Waals surface area contributed by atoms with Gasteiger partial charge in [-0.05, 0) is 18.2 Å². The fraction of sp³-hybridized carbons (Fsp3) is 0.429. The van der Waals surface area contributed by atoms with Gasteiger partial charge in [0.05, 0.1) is 11.6 Å². The Labute approximate surface area is 150 Å². The maximum absolute atomic E-state index is 12.8. The molecule has 1 fully saturated rings. The molecule has 24 heavy (non-hydrogen) atoms. The maximum Gasteiger partial charge on any atom is 0.244 e. The van der Waals surface area contributed by atoms with E-state index in [1.807, 2.05) is 0 Å². The van der Waals surface area contributed by atoms with Crippen molar-refractivity contribution >= 4 is 33.2 Å². The fourth-order valence-electron chi connectivity index (χ4n) is 2.53. The van der Waals surface area contributed by atoms with Crippen LogP contribution in [0.15, 0.2) is 27.5 Å². The first kappa shape index (κ1) is 17.6. The minimum atomic E-state index is -3.67. The lowest BCUT2D eigenvalue weighted by atomic mass is 10.3. The van der Waals surface area contributed by atoms with Crippen molar-refractivity contribution < 1.29 is 12.8 Å². The third kappa shape index (κ3) is 3.73. The van der Waals surface area contributed by atoms with Crippen molar-refractivity contribution in [2.75, 3.05) is 26.2 Å². The van der Waals surface area contributed by atoms with Gasteiger partial charge in [-0.25, -0.2) is 8.42 Å². The molecule has 2 aromatic rings. The number of halogens is 2. The van der Waals surface area contributed by atoms with Crippen LogP contribution in [0.1, 0.15) is 11.8 Å². The molecule has 1 aliphatic rings. The topological polar surface area (TPSA) is 79.5 Å². The molecule has 130 valence electrons. The average Bonchev–Trinajstić information content (AvgIpc) is 2.95. The summed E-state index contributed by atoms with van der Waals surface area (Å²) in [5.74, 6) is 1.04. The van der Waals surface area contributed by atoms with Crippen molar-refractivity contribution in [3.63, 3.8) is 0 Å². The quantitative estimate of drug-likeness (QED) is 0.795. The van der Waals surface area contributed by atoms with Crippen LogP contribution in [0.2, 0.25) is 10.0 Å². The maximum atomic E-state index is 12.8. The summed E-state index contributed by atoms with van der Waals surface area (Å²) in [6.07, 6.45) is 0. The molecule has 10 heteroatoms. The Hall–Kier alpha value is -1.19. The van der Waals surface area contributed by atoms with E-state index in [9.17, 15) is 8.42 Å². The van der Waals surface area contributed by atoms with E-state index >= 15 is 0 Å². The fourth-order valence-corrected chi connectivity index (χ4v) is 4.69. The molecule has 1 aromatic heterocycles. The average molecular weight is 391 g/mol. The standard InChI is InChI=1S/C14H16Cl2N4O3S/c1-10-17-18-14(23-10)9-19-4-6-20(7-5-19)24(21,22)13-8-11(15)2-3-12(13)16/h2-3,8H,4-7,9H2,1H3. The van der Waals surface area contributed by atoms with Crippen LogP contribution >= 0.6 is 23.2 Å². The van der Waals surface area contributed by atoms with Gasteiger partial charge in [0.25, 0.3) is 0 Å². The van der Waals surface area contributed by atoms with Crippen molar-refractivity contribution in [2.45, 2.75) is 18.4 Å². The molecule has 0 amide bonds. The molecule has 0 radical (unpaired) electrons. The molecule has 0 bridgehead atoms. The number of sulfonamides is 1. The molecule has 1 saturated heterocycles. The number of hydrogen-bond donors (Lipinski definition) is 0. The third-order valence-corrected chi connectivity index (χ3v) is 6.38. The first-order valence-electron chi connectivity index (χ1n) is 7.33. The summed E-state index contributed by atoms with van der Waals surface area (Å²) in [5, 5.41) is 8.25. The van der Waals surface area contributed by atoms with Gasteiger partial charge in [-0.1, -0.05) is 23.2 Å². The highest BCUT2D eigenvalue weighted by Crippen LogP contribution is 2.28. The van der Waals surface area contributed by atoms with Crippen LogP contribution in [-0.4, -0.2) is 54.0 Å². The lowest BCUT2D eigenvalue weighted by molar-refractivity contribution is 0.167. The lowest BCUT2D eigenvalue weighted by Crippen LogP contribution is -2.48. The van der Waals surface area contributed by atoms with Gasteiger partial charge in [-0.2, -0.15) is 4.31 Å². The Morgan fingerprint density at radius 3 is 2.50 bits per heavy atom. The summed E-state index contributed by atoms with van der Waals surface area (Å²) in [6.45, 7) is 4.09. The molecule has 0 N–H and O–H groups in total. The van der Waals surface area contributed by atoms with E-state index in [1.165, 1.54) is 16.4 Å². The highest BCUT2D eigenvalue weighted by Gasteiger charge is 2.30. The Balaban J connectivity index is 1.68. The van der Waals surface area contributed by atoms with Crippen LogP contribution in [0.4, 0.5) is 0 Å². The molecule has 7 nitrogen and oxygen atoms in total. The van der Waals surface area contributed by atoms with Crippen LogP contribution in [-0.2, 0) is 16.6 Å². The van der Waals surface area contributed by atoms with Crippen molar-refractivity contribution in [2.24, 2.45) is 0 Å². The summed E-state index contributed by atoms with van der Waals surface area (Å²) in [5.41, 5.74) is 0. The Morgan fingerprint density at radius 2 is 1.88 bits per heavy atom. The number of hydrogen-bond acceptors (Lipinski definition) is 6. The van der Waals surface area contributed by atoms with Gasteiger partial charge >= 0.3 is 0 Å². The van der Waals surface area contributed by atoms with Crippen LogP contribution in [0.5, 0.6) is 0 Å². The van der Waals surface area contributed by atoms with Crippen LogP contribution in [0, 0.1) is 6.92 Å². The first-order chi connectivity index (χ1) is 11.4. The second-order valence-corrected chi connectivity index (χ2v) is 8.22. The highest BCUT2D eigenvalue weighted by atomic mass is 35.5. The molecule has 0 atom stereocenters. The summed E-state index contributed by atoms with van der Waals surface area (Å²) in [6, 6.07) is 4.44. The number of aromatic nitrogens is 2. The molecule has 0 aliphatic carbocycles. The van der Waals surface area contributed by atoms with E-state index in [4.69, 9.17) is 27.6 Å². The monoisotopic (exact) mass is 390 g/mol. The summed E-state index contributed by atoms with van der Waals surface area (Å²) in [7, 11) is -3.67.